The third-order valence-corrected chi connectivity index (χ3v) is 9.58. The van der Waals surface area contributed by atoms with E-state index in [9.17, 15) is 24.4 Å². The van der Waals surface area contributed by atoms with Crippen molar-refractivity contribution in [2.45, 2.75) is 77.9 Å². The Labute approximate surface area is 235 Å². The molecular weight excluding hydrogens is 508 g/mol. The molecule has 1 aromatic rings. The van der Waals surface area contributed by atoms with Gasteiger partial charge >= 0.3 is 0 Å². The first-order valence-electron chi connectivity index (χ1n) is 14.3. The average molecular weight is 549 g/mol. The summed E-state index contributed by atoms with van der Waals surface area (Å²) in [5.41, 5.74) is 0.384. The fraction of sp³-hybridized carbons (Fsp3) is 0.667. The lowest BCUT2D eigenvalue weighted by atomic mass is 9.85. The second-order valence-electron chi connectivity index (χ2n) is 13.6. The van der Waals surface area contributed by atoms with Gasteiger partial charge < -0.3 is 20.9 Å². The van der Waals surface area contributed by atoms with Gasteiger partial charge in [-0.05, 0) is 65.5 Å². The number of fused-ring (bicyclic) bond motifs is 1. The predicted octanol–water partition coefficient (Wildman–Crippen LogP) is 1.73. The summed E-state index contributed by atoms with van der Waals surface area (Å²) in [4.78, 5) is 58.8. The smallest absolute Gasteiger partial charge is 0.246 e. The molecule has 3 N–H and O–H groups in total. The van der Waals surface area contributed by atoms with Crippen LogP contribution in [0.5, 0.6) is 0 Å². The molecule has 4 aliphatic rings. The lowest BCUT2D eigenvalue weighted by Crippen LogP contribution is -2.60. The fourth-order valence-corrected chi connectivity index (χ4v) is 6.90. The molecule has 40 heavy (non-hydrogen) atoms. The number of carbonyl (C=O) groups is 4. The summed E-state index contributed by atoms with van der Waals surface area (Å²) < 4.78 is 0. The molecule has 2 saturated heterocycles. The standard InChI is InChI=1S/C30H40N6O4/c1-29(2,3)24(35-26(38)20-13-19(20)16-6-9-32-10-7-16)28(40)36-15-21-22(30(21,4)5)23(36)27(39)34-18(14-31)12-17-8-11-33-25(17)37/h6-7,9-10,17-24H,8,11-13,15H2,1-5H3,(H,33,37)(H,34,39)(H,35,38). The summed E-state index contributed by atoms with van der Waals surface area (Å²) in [5.74, 6) is -1.14. The molecule has 4 fully saturated rings. The lowest BCUT2D eigenvalue weighted by Gasteiger charge is -2.38. The van der Waals surface area contributed by atoms with Crippen molar-refractivity contribution in [3.05, 3.63) is 30.1 Å². The molecule has 4 amide bonds. The van der Waals surface area contributed by atoms with E-state index in [2.05, 4.69) is 40.9 Å². The number of rotatable bonds is 8. The number of aromatic nitrogens is 1. The molecule has 2 aliphatic carbocycles. The van der Waals surface area contributed by atoms with Gasteiger partial charge in [-0.25, -0.2) is 0 Å². The minimum absolute atomic E-state index is 0.0265. The van der Waals surface area contributed by atoms with Gasteiger partial charge in [0.05, 0.1) is 6.07 Å². The van der Waals surface area contributed by atoms with Crippen LogP contribution in [0.3, 0.4) is 0 Å². The van der Waals surface area contributed by atoms with Gasteiger partial charge in [0.1, 0.15) is 18.1 Å². The van der Waals surface area contributed by atoms with Gasteiger partial charge in [-0.15, -0.1) is 0 Å². The summed E-state index contributed by atoms with van der Waals surface area (Å²) >= 11 is 0. The molecule has 0 radical (unpaired) electrons. The van der Waals surface area contributed by atoms with Gasteiger partial charge in [-0.3, -0.25) is 24.2 Å². The van der Waals surface area contributed by atoms with Crippen LogP contribution in [0.25, 0.3) is 0 Å². The summed E-state index contributed by atoms with van der Waals surface area (Å²) in [6.07, 6.45) is 5.04. The second-order valence-corrected chi connectivity index (χ2v) is 13.6. The van der Waals surface area contributed by atoms with Crippen molar-refractivity contribution in [3.8, 4) is 6.07 Å². The summed E-state index contributed by atoms with van der Waals surface area (Å²) in [6.45, 7) is 10.9. The SMILES string of the molecule is CC(C)(C)C(NC(=O)C1CC1c1ccncc1)C(=O)N1CC2C(C1C(=O)NC(C#N)CC1CCNC1=O)C2(C)C. The Bertz CT molecular complexity index is 1230. The monoisotopic (exact) mass is 548 g/mol. The van der Waals surface area contributed by atoms with E-state index in [1.165, 1.54) is 0 Å². The fourth-order valence-electron chi connectivity index (χ4n) is 6.90. The van der Waals surface area contributed by atoms with E-state index in [0.29, 0.717) is 19.5 Å². The van der Waals surface area contributed by atoms with Crippen molar-refractivity contribution >= 4 is 23.6 Å². The summed E-state index contributed by atoms with van der Waals surface area (Å²) in [6, 6.07) is 3.61. The minimum atomic E-state index is -0.822. The van der Waals surface area contributed by atoms with Crippen molar-refractivity contribution in [2.24, 2.45) is 34.5 Å². The van der Waals surface area contributed by atoms with Gasteiger partial charge in [-0.1, -0.05) is 34.6 Å². The van der Waals surface area contributed by atoms with Crippen LogP contribution in [0.15, 0.2) is 24.5 Å². The number of hydrogen-bond acceptors (Lipinski definition) is 6. The number of likely N-dealkylation sites (tertiary alicyclic amines) is 1. The van der Waals surface area contributed by atoms with E-state index in [1.807, 2.05) is 32.9 Å². The Kier molecular flexibility index (Phi) is 7.13. The van der Waals surface area contributed by atoms with E-state index >= 15 is 0 Å². The Morgan fingerprint density at radius 2 is 1.90 bits per heavy atom. The molecule has 5 rings (SSSR count). The Morgan fingerprint density at radius 1 is 1.20 bits per heavy atom. The number of piperidine rings is 1. The summed E-state index contributed by atoms with van der Waals surface area (Å²) in [7, 11) is 0. The molecular formula is C30H40N6O4. The van der Waals surface area contributed by atoms with Gasteiger partial charge in [0.25, 0.3) is 0 Å². The van der Waals surface area contributed by atoms with Crippen molar-refractivity contribution < 1.29 is 19.2 Å². The number of nitrogens with zero attached hydrogens (tertiary/aromatic N) is 3. The van der Waals surface area contributed by atoms with Crippen molar-refractivity contribution in [1.29, 1.82) is 5.26 Å². The third kappa shape index (κ3) is 5.18. The van der Waals surface area contributed by atoms with Gasteiger partial charge in [0.2, 0.25) is 23.6 Å². The van der Waals surface area contributed by atoms with E-state index in [1.54, 1.807) is 17.3 Å². The van der Waals surface area contributed by atoms with Crippen LogP contribution in [0.1, 0.15) is 65.4 Å². The number of nitrogens with one attached hydrogen (secondary N) is 3. The maximum absolute atomic E-state index is 14.1. The lowest BCUT2D eigenvalue weighted by molar-refractivity contribution is -0.145. The topological polar surface area (TPSA) is 144 Å². The predicted molar refractivity (Wildman–Crippen MR) is 146 cm³/mol. The van der Waals surface area contributed by atoms with Crippen molar-refractivity contribution in [3.63, 3.8) is 0 Å². The number of nitriles is 1. The highest BCUT2D eigenvalue weighted by molar-refractivity contribution is 5.95. The van der Waals surface area contributed by atoms with Crippen LogP contribution in [0, 0.1) is 45.8 Å². The first-order valence-corrected chi connectivity index (χ1v) is 14.3. The Balaban J connectivity index is 1.30. The Morgan fingerprint density at radius 3 is 2.50 bits per heavy atom. The normalized spacial score (nSPS) is 31.3. The molecule has 2 saturated carbocycles. The molecule has 1 aromatic heterocycles. The quantitative estimate of drug-likeness (QED) is 0.451. The number of hydrogen-bond donors (Lipinski definition) is 3. The minimum Gasteiger partial charge on any atom is -0.356 e. The summed E-state index contributed by atoms with van der Waals surface area (Å²) in [5, 5.41) is 18.4. The molecule has 214 valence electrons. The molecule has 8 unspecified atom stereocenters. The third-order valence-electron chi connectivity index (χ3n) is 9.58. The molecule has 10 heteroatoms. The zero-order valence-corrected chi connectivity index (χ0v) is 23.9. The largest absolute Gasteiger partial charge is 0.356 e. The molecule has 0 bridgehead atoms. The number of carbonyl (C=O) groups excluding carboxylic acids is 4. The number of amides is 4. The molecule has 8 atom stereocenters. The number of pyridine rings is 1. The maximum atomic E-state index is 14.1. The van der Waals surface area contributed by atoms with Gasteiger partial charge in [0.15, 0.2) is 0 Å². The second kappa shape index (κ2) is 10.2. The van der Waals surface area contributed by atoms with Crippen LogP contribution >= 0.6 is 0 Å². The first-order chi connectivity index (χ1) is 18.8. The van der Waals surface area contributed by atoms with Crippen LogP contribution in [-0.2, 0) is 19.2 Å². The first kappa shape index (κ1) is 28.1. The van der Waals surface area contributed by atoms with Crippen molar-refractivity contribution in [2.75, 3.05) is 13.1 Å². The van der Waals surface area contributed by atoms with Crippen LogP contribution in [-0.4, -0.2) is 64.7 Å². The zero-order valence-electron chi connectivity index (χ0n) is 23.9. The van der Waals surface area contributed by atoms with Crippen molar-refractivity contribution in [1.82, 2.24) is 25.8 Å². The van der Waals surface area contributed by atoms with Crippen LogP contribution in [0.4, 0.5) is 0 Å². The van der Waals surface area contributed by atoms with E-state index in [-0.39, 0.29) is 65.1 Å². The zero-order chi connectivity index (χ0) is 29.0. The van der Waals surface area contributed by atoms with Crippen LogP contribution < -0.4 is 16.0 Å². The van der Waals surface area contributed by atoms with Crippen LogP contribution in [0.2, 0.25) is 0 Å². The molecule has 2 aliphatic heterocycles. The average Bonchev–Trinajstić information content (AvgIpc) is 3.66. The Hall–Kier alpha value is -3.48. The van der Waals surface area contributed by atoms with Gasteiger partial charge in [-0.2, -0.15) is 5.26 Å². The maximum Gasteiger partial charge on any atom is 0.246 e. The highest BCUT2D eigenvalue weighted by Gasteiger charge is 2.70. The highest BCUT2D eigenvalue weighted by atomic mass is 16.2. The van der Waals surface area contributed by atoms with E-state index in [0.717, 1.165) is 12.0 Å². The molecule has 3 heterocycles. The van der Waals surface area contributed by atoms with E-state index < -0.39 is 23.5 Å². The van der Waals surface area contributed by atoms with Gasteiger partial charge in [0, 0.05) is 37.3 Å². The van der Waals surface area contributed by atoms with E-state index in [4.69, 9.17) is 0 Å². The molecule has 0 aromatic carbocycles. The highest BCUT2D eigenvalue weighted by Crippen LogP contribution is 2.65. The molecule has 10 nitrogen and oxygen atoms in total. The molecule has 0 spiro atoms.